The standard InChI is InChI=1S/C17H25N3O3/c1-23-17-5-4-15(20(21)22)11-14(17)12-19-9-6-13(7-10-19)16-3-2-8-18-16/h4-5,11,13,16,18H,2-3,6-10,12H2,1H3. The molecular weight excluding hydrogens is 294 g/mol. The van der Waals surface area contributed by atoms with Crippen LogP contribution >= 0.6 is 0 Å². The van der Waals surface area contributed by atoms with Gasteiger partial charge in [-0.15, -0.1) is 0 Å². The number of nitro groups is 1. The molecule has 1 atom stereocenters. The Morgan fingerprint density at radius 3 is 2.74 bits per heavy atom. The molecule has 1 aromatic rings. The van der Waals surface area contributed by atoms with Gasteiger partial charge in [-0.25, -0.2) is 0 Å². The maximum atomic E-state index is 11.0. The van der Waals surface area contributed by atoms with Crippen LogP contribution in [-0.4, -0.2) is 42.6 Å². The number of non-ortho nitro benzene ring substituents is 1. The summed E-state index contributed by atoms with van der Waals surface area (Å²) in [6.07, 6.45) is 5.02. The number of ether oxygens (including phenoxy) is 1. The fourth-order valence-corrected chi connectivity index (χ4v) is 3.87. The molecule has 2 heterocycles. The first-order valence-electron chi connectivity index (χ1n) is 8.44. The van der Waals surface area contributed by atoms with E-state index in [9.17, 15) is 10.1 Å². The van der Waals surface area contributed by atoms with E-state index in [4.69, 9.17) is 4.74 Å². The molecule has 1 unspecified atom stereocenters. The van der Waals surface area contributed by atoms with Gasteiger partial charge in [0.2, 0.25) is 0 Å². The van der Waals surface area contributed by atoms with Crippen LogP contribution in [0.4, 0.5) is 5.69 Å². The van der Waals surface area contributed by atoms with Crippen LogP contribution in [0.1, 0.15) is 31.2 Å². The quantitative estimate of drug-likeness (QED) is 0.667. The molecule has 0 amide bonds. The summed E-state index contributed by atoms with van der Waals surface area (Å²) in [6, 6.07) is 5.54. The maximum Gasteiger partial charge on any atom is 0.270 e. The second-order valence-corrected chi connectivity index (χ2v) is 6.57. The zero-order valence-electron chi connectivity index (χ0n) is 13.7. The number of piperidine rings is 1. The third-order valence-electron chi connectivity index (χ3n) is 5.17. The van der Waals surface area contributed by atoms with Crippen LogP contribution in [0.5, 0.6) is 5.75 Å². The van der Waals surface area contributed by atoms with E-state index in [0.29, 0.717) is 6.04 Å². The number of nitrogens with zero attached hydrogens (tertiary/aromatic N) is 2. The molecule has 1 N–H and O–H groups in total. The Morgan fingerprint density at radius 1 is 1.35 bits per heavy atom. The Hall–Kier alpha value is -1.66. The molecule has 0 spiro atoms. The highest BCUT2D eigenvalue weighted by molar-refractivity contribution is 5.43. The Labute approximate surface area is 137 Å². The highest BCUT2D eigenvalue weighted by atomic mass is 16.6. The number of nitrogens with one attached hydrogen (secondary N) is 1. The minimum atomic E-state index is -0.346. The third kappa shape index (κ3) is 3.82. The minimum absolute atomic E-state index is 0.130. The molecule has 2 aliphatic rings. The molecular formula is C17H25N3O3. The maximum absolute atomic E-state index is 11.0. The predicted octanol–water partition coefficient (Wildman–Crippen LogP) is 2.57. The molecule has 126 valence electrons. The van der Waals surface area contributed by atoms with Crippen molar-refractivity contribution in [3.05, 3.63) is 33.9 Å². The van der Waals surface area contributed by atoms with E-state index in [1.807, 2.05) is 0 Å². The van der Waals surface area contributed by atoms with Gasteiger partial charge >= 0.3 is 0 Å². The molecule has 6 heteroatoms. The zero-order valence-corrected chi connectivity index (χ0v) is 13.7. The van der Waals surface area contributed by atoms with Crippen molar-refractivity contribution in [2.45, 2.75) is 38.3 Å². The van der Waals surface area contributed by atoms with E-state index in [2.05, 4.69) is 10.2 Å². The Kier molecular flexibility index (Phi) is 5.13. The van der Waals surface area contributed by atoms with E-state index >= 15 is 0 Å². The van der Waals surface area contributed by atoms with Crippen molar-refractivity contribution in [1.29, 1.82) is 0 Å². The largest absolute Gasteiger partial charge is 0.496 e. The lowest BCUT2D eigenvalue weighted by Crippen LogP contribution is -2.40. The van der Waals surface area contributed by atoms with Gasteiger partial charge < -0.3 is 10.1 Å². The fraction of sp³-hybridized carbons (Fsp3) is 0.647. The highest BCUT2D eigenvalue weighted by Gasteiger charge is 2.28. The van der Waals surface area contributed by atoms with Gasteiger partial charge in [-0.3, -0.25) is 15.0 Å². The van der Waals surface area contributed by atoms with Crippen molar-refractivity contribution >= 4 is 5.69 Å². The third-order valence-corrected chi connectivity index (χ3v) is 5.17. The van der Waals surface area contributed by atoms with E-state index < -0.39 is 0 Å². The Balaban J connectivity index is 1.61. The molecule has 23 heavy (non-hydrogen) atoms. The monoisotopic (exact) mass is 319 g/mol. The van der Waals surface area contributed by atoms with E-state index in [0.717, 1.165) is 43.4 Å². The summed E-state index contributed by atoms with van der Waals surface area (Å²) < 4.78 is 5.36. The van der Waals surface area contributed by atoms with Gasteiger partial charge in [0, 0.05) is 30.3 Å². The van der Waals surface area contributed by atoms with Crippen molar-refractivity contribution in [3.8, 4) is 5.75 Å². The summed E-state index contributed by atoms with van der Waals surface area (Å²) in [5.41, 5.74) is 1.03. The van der Waals surface area contributed by atoms with Gasteiger partial charge in [0.05, 0.1) is 12.0 Å². The molecule has 0 aromatic heterocycles. The Bertz CT molecular complexity index is 550. The molecule has 1 aromatic carbocycles. The van der Waals surface area contributed by atoms with Crippen LogP contribution in [0.2, 0.25) is 0 Å². The summed E-state index contributed by atoms with van der Waals surface area (Å²) in [7, 11) is 1.61. The van der Waals surface area contributed by atoms with Gasteiger partial charge in [0.1, 0.15) is 5.75 Å². The van der Waals surface area contributed by atoms with E-state index in [1.165, 1.54) is 31.7 Å². The molecule has 0 bridgehead atoms. The molecule has 2 fully saturated rings. The van der Waals surface area contributed by atoms with Gasteiger partial charge in [-0.2, -0.15) is 0 Å². The molecule has 0 saturated carbocycles. The zero-order chi connectivity index (χ0) is 16.2. The number of hydrogen-bond acceptors (Lipinski definition) is 5. The van der Waals surface area contributed by atoms with Crippen LogP contribution in [0.15, 0.2) is 18.2 Å². The van der Waals surface area contributed by atoms with E-state index in [1.54, 1.807) is 19.2 Å². The average Bonchev–Trinajstić information content (AvgIpc) is 3.10. The van der Waals surface area contributed by atoms with Crippen molar-refractivity contribution in [3.63, 3.8) is 0 Å². The second kappa shape index (κ2) is 7.27. The lowest BCUT2D eigenvalue weighted by atomic mass is 9.88. The highest BCUT2D eigenvalue weighted by Crippen LogP contribution is 2.29. The minimum Gasteiger partial charge on any atom is -0.496 e. The second-order valence-electron chi connectivity index (χ2n) is 6.57. The normalized spacial score (nSPS) is 23.1. The van der Waals surface area contributed by atoms with Gasteiger partial charge in [-0.1, -0.05) is 0 Å². The van der Waals surface area contributed by atoms with Crippen LogP contribution in [0.3, 0.4) is 0 Å². The first-order valence-corrected chi connectivity index (χ1v) is 8.44. The summed E-state index contributed by atoms with van der Waals surface area (Å²) in [5, 5.41) is 14.6. The molecule has 0 radical (unpaired) electrons. The SMILES string of the molecule is COc1ccc([N+](=O)[O-])cc1CN1CCC(C2CCCN2)CC1. The van der Waals surface area contributed by atoms with Crippen molar-refractivity contribution in [2.75, 3.05) is 26.7 Å². The number of nitro benzene ring substituents is 1. The summed E-state index contributed by atoms with van der Waals surface area (Å²) in [5.74, 6) is 1.51. The van der Waals surface area contributed by atoms with Crippen LogP contribution < -0.4 is 10.1 Å². The fourth-order valence-electron chi connectivity index (χ4n) is 3.87. The first-order chi connectivity index (χ1) is 11.2. The smallest absolute Gasteiger partial charge is 0.270 e. The first kappa shape index (κ1) is 16.2. The molecule has 2 saturated heterocycles. The van der Waals surface area contributed by atoms with Gasteiger partial charge in [-0.05, 0) is 57.3 Å². The summed E-state index contributed by atoms with van der Waals surface area (Å²) >= 11 is 0. The van der Waals surface area contributed by atoms with Crippen LogP contribution in [-0.2, 0) is 6.54 Å². The lowest BCUT2D eigenvalue weighted by Gasteiger charge is -2.35. The topological polar surface area (TPSA) is 67.6 Å². The van der Waals surface area contributed by atoms with E-state index in [-0.39, 0.29) is 10.6 Å². The summed E-state index contributed by atoms with van der Waals surface area (Å²) in [6.45, 7) is 3.98. The molecule has 2 aliphatic heterocycles. The van der Waals surface area contributed by atoms with Crippen molar-refractivity contribution < 1.29 is 9.66 Å². The van der Waals surface area contributed by atoms with Crippen molar-refractivity contribution in [1.82, 2.24) is 10.2 Å². The number of rotatable bonds is 5. The molecule has 0 aliphatic carbocycles. The lowest BCUT2D eigenvalue weighted by molar-refractivity contribution is -0.385. The van der Waals surface area contributed by atoms with Crippen LogP contribution in [0.25, 0.3) is 0 Å². The summed E-state index contributed by atoms with van der Waals surface area (Å²) in [4.78, 5) is 13.0. The van der Waals surface area contributed by atoms with Gasteiger partial charge in [0.15, 0.2) is 0 Å². The Morgan fingerprint density at radius 2 is 2.13 bits per heavy atom. The number of likely N-dealkylation sites (tertiary alicyclic amines) is 1. The average molecular weight is 319 g/mol. The van der Waals surface area contributed by atoms with Crippen LogP contribution in [0, 0.1) is 16.0 Å². The van der Waals surface area contributed by atoms with Crippen molar-refractivity contribution in [2.24, 2.45) is 5.92 Å². The molecule has 6 nitrogen and oxygen atoms in total. The number of benzene rings is 1. The predicted molar refractivity (Wildman–Crippen MR) is 88.7 cm³/mol. The molecule has 3 rings (SSSR count). The number of hydrogen-bond donors (Lipinski definition) is 1. The van der Waals surface area contributed by atoms with Gasteiger partial charge in [0.25, 0.3) is 5.69 Å². The number of methoxy groups -OCH3 is 1.